The highest BCUT2D eigenvalue weighted by Gasteiger charge is 2.39. The zero-order valence-electron chi connectivity index (χ0n) is 20.0. The molecule has 6 rings (SSSR count). The lowest BCUT2D eigenvalue weighted by molar-refractivity contribution is 0.134. The average Bonchev–Trinajstić information content (AvgIpc) is 3.55. The van der Waals surface area contributed by atoms with Crippen LogP contribution in [-0.2, 0) is 16.6 Å². The molecule has 1 spiro atoms. The Morgan fingerprint density at radius 3 is 2.62 bits per heavy atom. The molecule has 1 N–H and O–H groups in total. The summed E-state index contributed by atoms with van der Waals surface area (Å²) >= 11 is 0. The van der Waals surface area contributed by atoms with Gasteiger partial charge in [0.2, 0.25) is 10.0 Å². The Morgan fingerprint density at radius 1 is 1.09 bits per heavy atom. The highest BCUT2D eigenvalue weighted by Crippen LogP contribution is 2.48. The number of hydrogen-bond donors (Lipinski definition) is 1. The number of rotatable bonds is 4. The Labute approximate surface area is 201 Å². The van der Waals surface area contributed by atoms with Crippen LogP contribution in [0.15, 0.2) is 28.1 Å². The standard InChI is InChI=1S/C25H35N5O3S/c1-27-11-13-28(14-12-27)16-19-5-4-10-30(19)34(32,33)20-6-7-22-21(15-20)23(31)24-26-17-25(18-29(22)24)8-2-3-9-25/h6-7,15,17,19,31H,2-5,8-14,16,18H2,1H3/t19-/m0/s1. The van der Waals surface area contributed by atoms with E-state index in [1.807, 2.05) is 12.3 Å². The maximum atomic E-state index is 13.7. The molecule has 1 aliphatic carbocycles. The molecule has 34 heavy (non-hydrogen) atoms. The number of likely N-dealkylation sites (N-methyl/N-ethyl adjacent to an activating group) is 1. The summed E-state index contributed by atoms with van der Waals surface area (Å²) in [5.74, 6) is 0.641. The van der Waals surface area contributed by atoms with Crippen LogP contribution in [0.5, 0.6) is 5.75 Å². The van der Waals surface area contributed by atoms with Gasteiger partial charge in [-0.3, -0.25) is 4.90 Å². The van der Waals surface area contributed by atoms with Gasteiger partial charge in [-0.05, 0) is 50.9 Å². The van der Waals surface area contributed by atoms with Crippen molar-refractivity contribution in [3.8, 4) is 5.75 Å². The Morgan fingerprint density at radius 2 is 1.85 bits per heavy atom. The van der Waals surface area contributed by atoms with Crippen molar-refractivity contribution in [2.75, 3.05) is 46.3 Å². The lowest BCUT2D eigenvalue weighted by atomic mass is 9.86. The molecule has 3 fully saturated rings. The molecular formula is C25H35N5O3S. The molecule has 0 bridgehead atoms. The summed E-state index contributed by atoms with van der Waals surface area (Å²) in [6.45, 7) is 6.17. The van der Waals surface area contributed by atoms with E-state index in [-0.39, 0.29) is 22.1 Å². The van der Waals surface area contributed by atoms with Crippen LogP contribution >= 0.6 is 0 Å². The van der Waals surface area contributed by atoms with Gasteiger partial charge < -0.3 is 14.6 Å². The number of hydrogen-bond acceptors (Lipinski definition) is 6. The number of benzene rings is 1. The number of aromatic hydroxyl groups is 1. The second kappa shape index (κ2) is 8.33. The fourth-order valence-corrected chi connectivity index (χ4v) is 8.16. The van der Waals surface area contributed by atoms with Crippen LogP contribution in [0.25, 0.3) is 10.9 Å². The highest BCUT2D eigenvalue weighted by atomic mass is 32.2. The maximum Gasteiger partial charge on any atom is 0.243 e. The molecule has 3 aliphatic heterocycles. The lowest BCUT2D eigenvalue weighted by Crippen LogP contribution is -2.50. The summed E-state index contributed by atoms with van der Waals surface area (Å²) < 4.78 is 31.2. The lowest BCUT2D eigenvalue weighted by Gasteiger charge is -2.35. The molecule has 2 saturated heterocycles. The van der Waals surface area contributed by atoms with E-state index in [1.54, 1.807) is 16.4 Å². The predicted molar refractivity (Wildman–Crippen MR) is 134 cm³/mol. The first-order valence-corrected chi connectivity index (χ1v) is 14.1. The number of sulfonamides is 1. The van der Waals surface area contributed by atoms with Crippen LogP contribution < -0.4 is 0 Å². The van der Waals surface area contributed by atoms with Crippen molar-refractivity contribution < 1.29 is 13.5 Å². The van der Waals surface area contributed by atoms with Crippen LogP contribution in [0.3, 0.4) is 0 Å². The zero-order chi connectivity index (χ0) is 23.5. The fourth-order valence-electron chi connectivity index (χ4n) is 6.45. The smallest absolute Gasteiger partial charge is 0.243 e. The van der Waals surface area contributed by atoms with Crippen molar-refractivity contribution >= 4 is 33.0 Å². The molecule has 0 unspecified atom stereocenters. The summed E-state index contributed by atoms with van der Waals surface area (Å²) in [7, 11) is -1.51. The quantitative estimate of drug-likeness (QED) is 0.720. The second-order valence-corrected chi connectivity index (χ2v) is 12.7. The second-order valence-electron chi connectivity index (χ2n) is 10.8. The molecule has 1 aromatic heterocycles. The van der Waals surface area contributed by atoms with Crippen LogP contribution in [0.4, 0.5) is 5.82 Å². The first kappa shape index (κ1) is 22.5. The topological polar surface area (TPSA) is 81.4 Å². The number of nitrogens with zero attached hydrogens (tertiary/aromatic N) is 5. The molecular weight excluding hydrogens is 450 g/mol. The first-order valence-electron chi connectivity index (χ1n) is 12.7. The van der Waals surface area contributed by atoms with Gasteiger partial charge in [-0.15, -0.1) is 0 Å². The third-order valence-corrected chi connectivity index (χ3v) is 10.5. The molecule has 1 aromatic carbocycles. The third kappa shape index (κ3) is 3.68. The van der Waals surface area contributed by atoms with Crippen molar-refractivity contribution in [2.45, 2.75) is 56.0 Å². The largest absolute Gasteiger partial charge is 0.504 e. The van der Waals surface area contributed by atoms with Gasteiger partial charge in [0, 0.05) is 68.9 Å². The summed E-state index contributed by atoms with van der Waals surface area (Å²) in [5.41, 5.74) is 0.937. The van der Waals surface area contributed by atoms with Gasteiger partial charge in [-0.1, -0.05) is 12.8 Å². The molecule has 8 nitrogen and oxygen atoms in total. The minimum atomic E-state index is -3.64. The molecule has 4 aliphatic rings. The number of piperazine rings is 1. The van der Waals surface area contributed by atoms with E-state index in [4.69, 9.17) is 0 Å². The van der Waals surface area contributed by atoms with Crippen molar-refractivity contribution in [1.29, 1.82) is 0 Å². The van der Waals surface area contributed by atoms with Gasteiger partial charge in [-0.2, -0.15) is 4.31 Å². The fraction of sp³-hybridized carbons (Fsp3) is 0.640. The molecule has 1 saturated carbocycles. The Kier molecular flexibility index (Phi) is 5.51. The molecule has 2 aromatic rings. The van der Waals surface area contributed by atoms with E-state index in [9.17, 15) is 13.5 Å². The Balaban J connectivity index is 1.29. The Bertz CT molecular complexity index is 1220. The molecule has 0 amide bonds. The molecule has 184 valence electrons. The molecule has 0 radical (unpaired) electrons. The van der Waals surface area contributed by atoms with Gasteiger partial charge in [0.1, 0.15) is 0 Å². The predicted octanol–water partition coefficient (Wildman–Crippen LogP) is 3.02. The summed E-state index contributed by atoms with van der Waals surface area (Å²) in [6.07, 6.45) is 8.47. The van der Waals surface area contributed by atoms with Gasteiger partial charge in [0.05, 0.1) is 10.4 Å². The third-order valence-electron chi connectivity index (χ3n) is 8.51. The van der Waals surface area contributed by atoms with Gasteiger partial charge >= 0.3 is 0 Å². The van der Waals surface area contributed by atoms with E-state index in [0.717, 1.165) is 70.5 Å². The van der Waals surface area contributed by atoms with Crippen molar-refractivity contribution in [1.82, 2.24) is 18.7 Å². The van der Waals surface area contributed by atoms with E-state index in [1.165, 1.54) is 12.8 Å². The minimum absolute atomic E-state index is 0.00627. The first-order chi connectivity index (χ1) is 16.4. The number of aliphatic imine (C=N–C) groups is 1. The molecule has 1 atom stereocenters. The number of aromatic nitrogens is 1. The van der Waals surface area contributed by atoms with Crippen LogP contribution in [-0.4, -0.2) is 90.8 Å². The highest BCUT2D eigenvalue weighted by molar-refractivity contribution is 7.89. The zero-order valence-corrected chi connectivity index (χ0v) is 20.8. The van der Waals surface area contributed by atoms with E-state index >= 15 is 0 Å². The van der Waals surface area contributed by atoms with Crippen LogP contribution in [0.2, 0.25) is 0 Å². The summed E-state index contributed by atoms with van der Waals surface area (Å²) in [6, 6.07) is 5.25. The summed E-state index contributed by atoms with van der Waals surface area (Å²) in [4.78, 5) is 9.61. The normalized spacial score (nSPS) is 26.1. The van der Waals surface area contributed by atoms with Crippen molar-refractivity contribution in [3.63, 3.8) is 0 Å². The van der Waals surface area contributed by atoms with E-state index in [0.29, 0.717) is 17.7 Å². The van der Waals surface area contributed by atoms with E-state index < -0.39 is 10.0 Å². The van der Waals surface area contributed by atoms with Gasteiger partial charge in [-0.25, -0.2) is 13.4 Å². The van der Waals surface area contributed by atoms with Crippen LogP contribution in [0, 0.1) is 5.41 Å². The minimum Gasteiger partial charge on any atom is -0.504 e. The summed E-state index contributed by atoms with van der Waals surface area (Å²) in [5, 5.41) is 11.5. The SMILES string of the molecule is CN1CCN(C[C@@H]2CCCN2S(=O)(=O)c2ccc3c(c2)c(O)c2n3CC3(C=N2)CCCC3)CC1. The maximum absolute atomic E-state index is 13.7. The Hall–Kier alpha value is -1.94. The number of fused-ring (bicyclic) bond motifs is 3. The average molecular weight is 486 g/mol. The van der Waals surface area contributed by atoms with Crippen molar-refractivity contribution in [2.24, 2.45) is 10.4 Å². The van der Waals surface area contributed by atoms with Crippen LogP contribution in [0.1, 0.15) is 38.5 Å². The monoisotopic (exact) mass is 485 g/mol. The van der Waals surface area contributed by atoms with Gasteiger partial charge in [0.25, 0.3) is 0 Å². The molecule has 4 heterocycles. The van der Waals surface area contributed by atoms with E-state index in [2.05, 4.69) is 26.4 Å². The molecule has 9 heteroatoms. The van der Waals surface area contributed by atoms with Crippen molar-refractivity contribution in [3.05, 3.63) is 18.2 Å². The van der Waals surface area contributed by atoms with Gasteiger partial charge in [0.15, 0.2) is 11.6 Å².